The van der Waals surface area contributed by atoms with Crippen molar-refractivity contribution in [1.29, 1.82) is 0 Å². The molecule has 0 radical (unpaired) electrons. The second kappa shape index (κ2) is 5.44. The highest BCUT2D eigenvalue weighted by molar-refractivity contribution is 9.10. The summed E-state index contributed by atoms with van der Waals surface area (Å²) in [7, 11) is 1.83. The molecule has 5 nitrogen and oxygen atoms in total. The summed E-state index contributed by atoms with van der Waals surface area (Å²) in [5.74, 6) is 1.75. The maximum absolute atomic E-state index is 12.2. The Morgan fingerprint density at radius 3 is 3.00 bits per heavy atom. The first kappa shape index (κ1) is 13.4. The fraction of sp³-hybridized carbons (Fsp3) is 0.429. The van der Waals surface area contributed by atoms with Gasteiger partial charge in [-0.05, 0) is 46.8 Å². The van der Waals surface area contributed by atoms with E-state index in [1.54, 1.807) is 21.8 Å². The number of aromatic nitrogens is 2. The third kappa shape index (κ3) is 3.12. The Labute approximate surface area is 125 Å². The van der Waals surface area contributed by atoms with Gasteiger partial charge in [0, 0.05) is 19.8 Å². The number of halogens is 1. The lowest BCUT2D eigenvalue weighted by atomic mass is 10.3. The van der Waals surface area contributed by atoms with Gasteiger partial charge in [0.05, 0.1) is 17.2 Å². The lowest BCUT2D eigenvalue weighted by Gasteiger charge is -2.14. The van der Waals surface area contributed by atoms with Gasteiger partial charge in [-0.2, -0.15) is 5.10 Å². The summed E-state index contributed by atoms with van der Waals surface area (Å²) in [5, 5.41) is 4.16. The predicted octanol–water partition coefficient (Wildman–Crippen LogP) is 2.77. The Balaban J connectivity index is 1.64. The fourth-order valence-electron chi connectivity index (χ4n) is 2.12. The van der Waals surface area contributed by atoms with Crippen LogP contribution in [0.5, 0.6) is 0 Å². The number of amides is 1. The number of hydrogen-bond donors (Lipinski definition) is 0. The van der Waals surface area contributed by atoms with Crippen LogP contribution in [0.4, 0.5) is 0 Å². The van der Waals surface area contributed by atoms with Gasteiger partial charge in [0.2, 0.25) is 0 Å². The molecule has 0 N–H and O–H groups in total. The molecule has 0 bridgehead atoms. The van der Waals surface area contributed by atoms with E-state index in [1.807, 2.05) is 19.3 Å². The van der Waals surface area contributed by atoms with Crippen molar-refractivity contribution in [2.45, 2.75) is 19.4 Å². The molecule has 1 aliphatic carbocycles. The van der Waals surface area contributed by atoms with E-state index in [0.29, 0.717) is 18.2 Å². The maximum Gasteiger partial charge on any atom is 0.289 e. The second-order valence-corrected chi connectivity index (χ2v) is 6.17. The number of carbonyl (C=O) groups excluding carboxylic acids is 1. The van der Waals surface area contributed by atoms with Gasteiger partial charge in [0.15, 0.2) is 5.76 Å². The van der Waals surface area contributed by atoms with Gasteiger partial charge in [0.25, 0.3) is 5.91 Å². The van der Waals surface area contributed by atoms with Crippen molar-refractivity contribution in [3.05, 3.63) is 40.5 Å². The first-order valence-corrected chi connectivity index (χ1v) is 7.43. The van der Waals surface area contributed by atoms with E-state index >= 15 is 0 Å². The van der Waals surface area contributed by atoms with Gasteiger partial charge in [-0.3, -0.25) is 9.48 Å². The van der Waals surface area contributed by atoms with Gasteiger partial charge in [-0.25, -0.2) is 0 Å². The first-order chi connectivity index (χ1) is 9.61. The zero-order chi connectivity index (χ0) is 14.1. The van der Waals surface area contributed by atoms with Gasteiger partial charge in [0.1, 0.15) is 5.76 Å². The Morgan fingerprint density at radius 2 is 2.35 bits per heavy atom. The molecule has 0 atom stereocenters. The van der Waals surface area contributed by atoms with E-state index < -0.39 is 0 Å². The van der Waals surface area contributed by atoms with Crippen LogP contribution in [0.3, 0.4) is 0 Å². The van der Waals surface area contributed by atoms with Crippen LogP contribution in [0.15, 0.2) is 33.4 Å². The molecule has 6 heteroatoms. The summed E-state index contributed by atoms with van der Waals surface area (Å²) in [6.45, 7) is 1.34. The number of hydrogen-bond acceptors (Lipinski definition) is 3. The Hall–Kier alpha value is -1.56. The molecule has 0 saturated heterocycles. The highest BCUT2D eigenvalue weighted by atomic mass is 79.9. The molecule has 3 rings (SSSR count). The van der Waals surface area contributed by atoms with E-state index in [9.17, 15) is 4.79 Å². The molecule has 20 heavy (non-hydrogen) atoms. The Kier molecular flexibility index (Phi) is 3.65. The minimum Gasteiger partial charge on any atom is -0.454 e. The molecular weight excluding hydrogens is 322 g/mol. The minimum atomic E-state index is -0.0511. The van der Waals surface area contributed by atoms with E-state index in [2.05, 4.69) is 21.0 Å². The number of rotatable bonds is 5. The van der Waals surface area contributed by atoms with Gasteiger partial charge >= 0.3 is 0 Å². The molecule has 0 spiro atoms. The van der Waals surface area contributed by atoms with Crippen LogP contribution in [0.25, 0.3) is 0 Å². The fourth-order valence-corrected chi connectivity index (χ4v) is 2.45. The van der Waals surface area contributed by atoms with Crippen molar-refractivity contribution in [2.24, 2.45) is 5.92 Å². The average Bonchev–Trinajstić information content (AvgIpc) is 2.95. The van der Waals surface area contributed by atoms with Gasteiger partial charge < -0.3 is 9.32 Å². The molecule has 1 saturated carbocycles. The molecule has 2 aromatic heterocycles. The first-order valence-electron chi connectivity index (χ1n) is 6.64. The SMILES string of the molecule is CN(CC1CC1)C(=O)c1ccc(Cn2cc(Br)cn2)o1. The molecule has 2 heterocycles. The van der Waals surface area contributed by atoms with Crippen LogP contribution in [-0.2, 0) is 6.54 Å². The molecule has 1 aliphatic rings. The van der Waals surface area contributed by atoms with Crippen LogP contribution < -0.4 is 0 Å². The molecule has 0 unspecified atom stereocenters. The predicted molar refractivity (Wildman–Crippen MR) is 77.4 cm³/mol. The highest BCUT2D eigenvalue weighted by Gasteiger charge is 2.26. The highest BCUT2D eigenvalue weighted by Crippen LogP contribution is 2.29. The van der Waals surface area contributed by atoms with E-state index in [-0.39, 0.29) is 5.91 Å². The molecule has 1 amide bonds. The van der Waals surface area contributed by atoms with Crippen molar-refractivity contribution >= 4 is 21.8 Å². The molecule has 0 aromatic carbocycles. The van der Waals surface area contributed by atoms with Gasteiger partial charge in [-0.15, -0.1) is 0 Å². The summed E-state index contributed by atoms with van der Waals surface area (Å²) in [6, 6.07) is 3.56. The third-order valence-corrected chi connectivity index (χ3v) is 3.78. The molecule has 1 fully saturated rings. The largest absolute Gasteiger partial charge is 0.454 e. The topological polar surface area (TPSA) is 51.3 Å². The summed E-state index contributed by atoms with van der Waals surface area (Å²) in [4.78, 5) is 13.9. The standard InChI is InChI=1S/C14H16BrN3O2/c1-17(7-10-2-3-10)14(19)13-5-4-12(20-13)9-18-8-11(15)6-16-18/h4-6,8,10H,2-3,7,9H2,1H3. The third-order valence-electron chi connectivity index (χ3n) is 3.37. The molecular formula is C14H16BrN3O2. The van der Waals surface area contributed by atoms with Crippen molar-refractivity contribution in [2.75, 3.05) is 13.6 Å². The lowest BCUT2D eigenvalue weighted by Crippen LogP contribution is -2.28. The normalized spacial score (nSPS) is 14.5. The maximum atomic E-state index is 12.2. The molecule has 106 valence electrons. The summed E-state index contributed by atoms with van der Waals surface area (Å²) >= 11 is 3.35. The number of furan rings is 1. The van der Waals surface area contributed by atoms with Crippen LogP contribution in [0, 0.1) is 5.92 Å². The van der Waals surface area contributed by atoms with Crippen molar-refractivity contribution in [1.82, 2.24) is 14.7 Å². The number of nitrogens with zero attached hydrogens (tertiary/aromatic N) is 3. The summed E-state index contributed by atoms with van der Waals surface area (Å²) in [5.41, 5.74) is 0. The second-order valence-electron chi connectivity index (χ2n) is 5.25. The molecule has 2 aromatic rings. The quantitative estimate of drug-likeness (QED) is 0.842. The lowest BCUT2D eigenvalue weighted by molar-refractivity contribution is 0.0755. The van der Waals surface area contributed by atoms with Crippen LogP contribution in [0.1, 0.15) is 29.2 Å². The van der Waals surface area contributed by atoms with Gasteiger partial charge in [-0.1, -0.05) is 0 Å². The van der Waals surface area contributed by atoms with E-state index in [0.717, 1.165) is 16.8 Å². The zero-order valence-electron chi connectivity index (χ0n) is 11.3. The van der Waals surface area contributed by atoms with Crippen LogP contribution in [0.2, 0.25) is 0 Å². The van der Waals surface area contributed by atoms with Crippen molar-refractivity contribution < 1.29 is 9.21 Å². The number of carbonyl (C=O) groups is 1. The van der Waals surface area contributed by atoms with Crippen LogP contribution in [-0.4, -0.2) is 34.2 Å². The minimum absolute atomic E-state index is 0.0511. The monoisotopic (exact) mass is 337 g/mol. The Morgan fingerprint density at radius 1 is 1.55 bits per heavy atom. The average molecular weight is 338 g/mol. The zero-order valence-corrected chi connectivity index (χ0v) is 12.8. The van der Waals surface area contributed by atoms with E-state index in [4.69, 9.17) is 4.42 Å². The summed E-state index contributed by atoms with van der Waals surface area (Å²) in [6.07, 6.45) is 6.05. The smallest absolute Gasteiger partial charge is 0.289 e. The van der Waals surface area contributed by atoms with Crippen molar-refractivity contribution in [3.8, 4) is 0 Å². The van der Waals surface area contributed by atoms with E-state index in [1.165, 1.54) is 12.8 Å². The molecule has 0 aliphatic heterocycles. The Bertz CT molecular complexity index is 615. The van der Waals surface area contributed by atoms with Crippen molar-refractivity contribution in [3.63, 3.8) is 0 Å². The van der Waals surface area contributed by atoms with Crippen LogP contribution >= 0.6 is 15.9 Å². The summed E-state index contributed by atoms with van der Waals surface area (Å²) < 4.78 is 8.29.